The first-order valence-electron chi connectivity index (χ1n) is 4.67. The Balaban J connectivity index is 2.34. The summed E-state index contributed by atoms with van der Waals surface area (Å²) in [6.07, 6.45) is 2.34. The lowest BCUT2D eigenvalue weighted by Gasteiger charge is -2.35. The average Bonchev–Trinajstić information content (AvgIpc) is 2.04. The number of nitrogens with zero attached hydrogens (tertiary/aromatic N) is 1. The van der Waals surface area contributed by atoms with Crippen molar-refractivity contribution in [3.63, 3.8) is 0 Å². The molecule has 2 unspecified atom stereocenters. The molecule has 0 aliphatic carbocycles. The summed E-state index contributed by atoms with van der Waals surface area (Å²) in [5.74, 6) is 0. The highest BCUT2D eigenvalue weighted by molar-refractivity contribution is 6.21. The van der Waals surface area contributed by atoms with Crippen molar-refractivity contribution in [2.75, 3.05) is 26.8 Å². The van der Waals surface area contributed by atoms with Gasteiger partial charge in [-0.1, -0.05) is 0 Å². The predicted molar refractivity (Wildman–Crippen MR) is 51.8 cm³/mol. The molecule has 1 fully saturated rings. The van der Waals surface area contributed by atoms with E-state index in [1.807, 2.05) is 6.92 Å². The minimum atomic E-state index is 0.273. The van der Waals surface area contributed by atoms with Gasteiger partial charge in [0.25, 0.3) is 0 Å². The van der Waals surface area contributed by atoms with Gasteiger partial charge >= 0.3 is 0 Å². The van der Waals surface area contributed by atoms with Gasteiger partial charge in [0.05, 0.1) is 12.0 Å². The fourth-order valence-electron chi connectivity index (χ4n) is 1.64. The van der Waals surface area contributed by atoms with E-state index < -0.39 is 0 Å². The zero-order valence-electron chi connectivity index (χ0n) is 7.92. The van der Waals surface area contributed by atoms with Crippen molar-refractivity contribution in [1.82, 2.24) is 4.90 Å². The Bertz CT molecular complexity index is 122. The van der Waals surface area contributed by atoms with Gasteiger partial charge in [-0.15, -0.1) is 11.6 Å². The molecule has 1 rings (SSSR count). The summed E-state index contributed by atoms with van der Waals surface area (Å²) < 4.78 is 5.39. The number of rotatable bonds is 3. The molecule has 3 heteroatoms. The Kier molecular flexibility index (Phi) is 4.33. The zero-order chi connectivity index (χ0) is 8.97. The minimum Gasteiger partial charge on any atom is -0.380 e. The summed E-state index contributed by atoms with van der Waals surface area (Å²) in [5.41, 5.74) is 0. The second kappa shape index (κ2) is 5.05. The van der Waals surface area contributed by atoms with Crippen molar-refractivity contribution in [2.45, 2.75) is 31.2 Å². The van der Waals surface area contributed by atoms with E-state index in [1.165, 1.54) is 6.42 Å². The van der Waals surface area contributed by atoms with Gasteiger partial charge in [-0.25, -0.2) is 0 Å². The van der Waals surface area contributed by atoms with Crippen molar-refractivity contribution in [2.24, 2.45) is 0 Å². The van der Waals surface area contributed by atoms with Gasteiger partial charge in [-0.3, -0.25) is 4.90 Å². The molecule has 1 heterocycles. The molecule has 12 heavy (non-hydrogen) atoms. The molecule has 0 aromatic rings. The number of piperidine rings is 1. The van der Waals surface area contributed by atoms with Gasteiger partial charge in [0.15, 0.2) is 0 Å². The van der Waals surface area contributed by atoms with E-state index in [2.05, 4.69) is 11.9 Å². The van der Waals surface area contributed by atoms with Crippen molar-refractivity contribution < 1.29 is 4.74 Å². The van der Waals surface area contributed by atoms with Crippen LogP contribution < -0.4 is 0 Å². The van der Waals surface area contributed by atoms with E-state index in [0.717, 1.165) is 26.2 Å². The van der Waals surface area contributed by atoms with Crippen LogP contribution in [0.1, 0.15) is 19.8 Å². The first-order chi connectivity index (χ1) is 5.75. The number of likely N-dealkylation sites (N-methyl/N-ethyl adjacent to an activating group) is 1. The van der Waals surface area contributed by atoms with E-state index in [1.54, 1.807) is 0 Å². The van der Waals surface area contributed by atoms with E-state index >= 15 is 0 Å². The van der Waals surface area contributed by atoms with Gasteiger partial charge in [0.2, 0.25) is 0 Å². The lowest BCUT2D eigenvalue weighted by Crippen LogP contribution is -2.46. The second-order valence-electron chi connectivity index (χ2n) is 3.37. The van der Waals surface area contributed by atoms with Gasteiger partial charge < -0.3 is 4.74 Å². The van der Waals surface area contributed by atoms with Gasteiger partial charge in [-0.2, -0.15) is 0 Å². The quantitative estimate of drug-likeness (QED) is 0.630. The topological polar surface area (TPSA) is 12.5 Å². The third-order valence-corrected chi connectivity index (χ3v) is 2.98. The smallest absolute Gasteiger partial charge is 0.0635 e. The molecular weight excluding hydrogens is 174 g/mol. The Morgan fingerprint density at radius 1 is 1.58 bits per heavy atom. The highest BCUT2D eigenvalue weighted by atomic mass is 35.5. The van der Waals surface area contributed by atoms with Crippen LogP contribution in [0, 0.1) is 0 Å². The molecular formula is C9H18ClNO. The maximum atomic E-state index is 6.19. The summed E-state index contributed by atoms with van der Waals surface area (Å²) in [5, 5.41) is 0.273. The van der Waals surface area contributed by atoms with Crippen LogP contribution in [0.15, 0.2) is 0 Å². The van der Waals surface area contributed by atoms with Gasteiger partial charge in [0, 0.05) is 12.6 Å². The molecule has 0 aromatic heterocycles. The molecule has 0 spiro atoms. The Labute approximate surface area is 79.8 Å². The van der Waals surface area contributed by atoms with Crippen molar-refractivity contribution >= 4 is 11.6 Å². The van der Waals surface area contributed by atoms with Crippen LogP contribution in [-0.2, 0) is 4.74 Å². The summed E-state index contributed by atoms with van der Waals surface area (Å²) in [4.78, 5) is 2.30. The molecule has 1 aliphatic heterocycles. The van der Waals surface area contributed by atoms with Crippen molar-refractivity contribution in [3.05, 3.63) is 0 Å². The number of alkyl halides is 1. The van der Waals surface area contributed by atoms with Gasteiger partial charge in [-0.05, 0) is 33.4 Å². The largest absolute Gasteiger partial charge is 0.380 e. The molecule has 0 saturated carbocycles. The van der Waals surface area contributed by atoms with Crippen LogP contribution in [0.25, 0.3) is 0 Å². The summed E-state index contributed by atoms with van der Waals surface area (Å²) in [6.45, 7) is 4.74. The van der Waals surface area contributed by atoms with Crippen LogP contribution in [0.5, 0.6) is 0 Å². The Morgan fingerprint density at radius 3 is 2.92 bits per heavy atom. The fraction of sp³-hybridized carbons (Fsp3) is 1.00. The first kappa shape index (κ1) is 10.3. The summed E-state index contributed by atoms with van der Waals surface area (Å²) in [7, 11) is 2.12. The molecule has 0 amide bonds. The van der Waals surface area contributed by atoms with Gasteiger partial charge in [0.1, 0.15) is 0 Å². The number of likely N-dealkylation sites (tertiary alicyclic amines) is 1. The summed E-state index contributed by atoms with van der Waals surface area (Å²) >= 11 is 6.19. The predicted octanol–water partition coefficient (Wildman–Crippen LogP) is 1.72. The molecule has 2 nitrogen and oxygen atoms in total. The monoisotopic (exact) mass is 191 g/mol. The van der Waals surface area contributed by atoms with E-state index in [0.29, 0.717) is 6.04 Å². The first-order valence-corrected chi connectivity index (χ1v) is 5.11. The van der Waals surface area contributed by atoms with Crippen LogP contribution >= 0.6 is 11.6 Å². The summed E-state index contributed by atoms with van der Waals surface area (Å²) in [6, 6.07) is 0.417. The number of hydrogen-bond acceptors (Lipinski definition) is 2. The third kappa shape index (κ3) is 2.61. The zero-order valence-corrected chi connectivity index (χ0v) is 8.68. The maximum absolute atomic E-state index is 6.19. The Morgan fingerprint density at radius 2 is 2.33 bits per heavy atom. The molecule has 1 saturated heterocycles. The SMILES string of the molecule is CCOCC1C(Cl)CCCN1C. The Hall–Kier alpha value is 0.210. The molecule has 72 valence electrons. The molecule has 2 atom stereocenters. The molecule has 0 radical (unpaired) electrons. The standard InChI is InChI=1S/C9H18ClNO/c1-3-12-7-9-8(10)5-4-6-11(9)2/h8-9H,3-7H2,1-2H3. The highest BCUT2D eigenvalue weighted by Crippen LogP contribution is 2.21. The maximum Gasteiger partial charge on any atom is 0.0635 e. The van der Waals surface area contributed by atoms with E-state index in [4.69, 9.17) is 16.3 Å². The van der Waals surface area contributed by atoms with Crippen molar-refractivity contribution in [1.29, 1.82) is 0 Å². The average molecular weight is 192 g/mol. The van der Waals surface area contributed by atoms with E-state index in [9.17, 15) is 0 Å². The molecule has 1 aliphatic rings. The van der Waals surface area contributed by atoms with E-state index in [-0.39, 0.29) is 5.38 Å². The lowest BCUT2D eigenvalue weighted by atomic mass is 10.0. The minimum absolute atomic E-state index is 0.273. The van der Waals surface area contributed by atoms with Crippen LogP contribution in [0.2, 0.25) is 0 Å². The highest BCUT2D eigenvalue weighted by Gasteiger charge is 2.27. The normalized spacial score (nSPS) is 32.2. The molecule has 0 bridgehead atoms. The third-order valence-electron chi connectivity index (χ3n) is 2.47. The second-order valence-corrected chi connectivity index (χ2v) is 3.93. The van der Waals surface area contributed by atoms with Crippen LogP contribution in [0.3, 0.4) is 0 Å². The van der Waals surface area contributed by atoms with Crippen LogP contribution in [-0.4, -0.2) is 43.1 Å². The molecule has 0 aromatic carbocycles. The fourth-order valence-corrected chi connectivity index (χ4v) is 2.06. The lowest BCUT2D eigenvalue weighted by molar-refractivity contribution is 0.0616. The molecule has 0 N–H and O–H groups in total. The number of hydrogen-bond donors (Lipinski definition) is 0. The number of halogens is 1. The van der Waals surface area contributed by atoms with Crippen LogP contribution in [0.4, 0.5) is 0 Å². The number of ether oxygens (including phenoxy) is 1. The van der Waals surface area contributed by atoms with Crippen molar-refractivity contribution in [3.8, 4) is 0 Å².